The zero-order valence-corrected chi connectivity index (χ0v) is 9.18. The van der Waals surface area contributed by atoms with Gasteiger partial charge in [0.25, 0.3) is 0 Å². The summed E-state index contributed by atoms with van der Waals surface area (Å²) >= 11 is 0. The molecular formula is C11H16N2O3. The maximum Gasteiger partial charge on any atom is 0.409 e. The third-order valence-electron chi connectivity index (χ3n) is 2.03. The number of benzene rings is 1. The van der Waals surface area contributed by atoms with Crippen LogP contribution in [0.15, 0.2) is 30.3 Å². The lowest BCUT2D eigenvalue weighted by Gasteiger charge is -2.13. The lowest BCUT2D eigenvalue weighted by atomic mass is 10.2. The number of hydrogen-bond donors (Lipinski definition) is 2. The highest BCUT2D eigenvalue weighted by Gasteiger charge is 2.10. The standard InChI is InChI=1S/C11H16N2O3/c1-2-10(16-12)13-11(14)15-8-9-6-4-3-5-7-9/h3-7,10H,2,8,12H2,1H3,(H,13,14). The molecule has 88 valence electrons. The molecule has 0 bridgehead atoms. The van der Waals surface area contributed by atoms with Crippen LogP contribution in [-0.4, -0.2) is 12.3 Å². The molecule has 1 atom stereocenters. The van der Waals surface area contributed by atoms with Crippen molar-refractivity contribution in [1.29, 1.82) is 0 Å². The molecule has 3 N–H and O–H groups in total. The van der Waals surface area contributed by atoms with Crippen LogP contribution >= 0.6 is 0 Å². The molecule has 1 amide bonds. The molecule has 0 aliphatic rings. The lowest BCUT2D eigenvalue weighted by Crippen LogP contribution is -2.38. The molecule has 0 aliphatic heterocycles. The molecule has 1 aromatic carbocycles. The first-order valence-electron chi connectivity index (χ1n) is 5.09. The number of nitrogens with one attached hydrogen (secondary N) is 1. The number of ether oxygens (including phenoxy) is 1. The fraction of sp³-hybridized carbons (Fsp3) is 0.364. The number of carbonyl (C=O) groups excluding carboxylic acids is 1. The Morgan fingerprint density at radius 1 is 1.44 bits per heavy atom. The van der Waals surface area contributed by atoms with Gasteiger partial charge in [0, 0.05) is 0 Å². The average molecular weight is 224 g/mol. The van der Waals surface area contributed by atoms with Gasteiger partial charge >= 0.3 is 6.09 Å². The van der Waals surface area contributed by atoms with Crippen molar-refractivity contribution in [1.82, 2.24) is 5.32 Å². The van der Waals surface area contributed by atoms with Gasteiger partial charge in [-0.05, 0) is 12.0 Å². The van der Waals surface area contributed by atoms with Crippen LogP contribution in [0.4, 0.5) is 4.79 Å². The monoisotopic (exact) mass is 224 g/mol. The minimum atomic E-state index is -0.541. The number of nitrogens with two attached hydrogens (primary N) is 1. The van der Waals surface area contributed by atoms with E-state index in [4.69, 9.17) is 10.6 Å². The summed E-state index contributed by atoms with van der Waals surface area (Å²) in [4.78, 5) is 15.8. The molecule has 1 unspecified atom stereocenters. The van der Waals surface area contributed by atoms with Gasteiger partial charge in [-0.15, -0.1) is 0 Å². The van der Waals surface area contributed by atoms with Gasteiger partial charge in [0.1, 0.15) is 6.61 Å². The van der Waals surface area contributed by atoms with E-state index in [2.05, 4.69) is 10.2 Å². The molecular weight excluding hydrogens is 208 g/mol. The third-order valence-corrected chi connectivity index (χ3v) is 2.03. The fourth-order valence-corrected chi connectivity index (χ4v) is 1.13. The summed E-state index contributed by atoms with van der Waals surface area (Å²) in [5.74, 6) is 4.97. The zero-order chi connectivity index (χ0) is 11.8. The summed E-state index contributed by atoms with van der Waals surface area (Å²) < 4.78 is 4.98. The molecule has 16 heavy (non-hydrogen) atoms. The van der Waals surface area contributed by atoms with E-state index in [1.807, 2.05) is 37.3 Å². The summed E-state index contributed by atoms with van der Waals surface area (Å²) in [6.45, 7) is 2.07. The first-order chi connectivity index (χ1) is 7.76. The molecule has 0 aromatic heterocycles. The van der Waals surface area contributed by atoms with Crippen LogP contribution in [0.2, 0.25) is 0 Å². The van der Waals surface area contributed by atoms with Gasteiger partial charge in [-0.3, -0.25) is 10.2 Å². The molecule has 0 radical (unpaired) electrons. The van der Waals surface area contributed by atoms with Crippen molar-refractivity contribution in [2.24, 2.45) is 5.90 Å². The van der Waals surface area contributed by atoms with Crippen LogP contribution in [0.1, 0.15) is 18.9 Å². The van der Waals surface area contributed by atoms with Crippen LogP contribution in [0, 0.1) is 0 Å². The van der Waals surface area contributed by atoms with E-state index in [1.165, 1.54) is 0 Å². The number of rotatable bonds is 5. The van der Waals surface area contributed by atoms with Crippen LogP contribution in [-0.2, 0) is 16.2 Å². The molecule has 5 nitrogen and oxygen atoms in total. The van der Waals surface area contributed by atoms with E-state index in [0.717, 1.165) is 5.56 Å². The Labute approximate surface area is 94.5 Å². The first kappa shape index (κ1) is 12.5. The van der Waals surface area contributed by atoms with Gasteiger partial charge in [0.15, 0.2) is 6.23 Å². The van der Waals surface area contributed by atoms with E-state index in [9.17, 15) is 4.79 Å². The molecule has 5 heteroatoms. The average Bonchev–Trinajstić information content (AvgIpc) is 2.34. The first-order valence-corrected chi connectivity index (χ1v) is 5.09. The van der Waals surface area contributed by atoms with Gasteiger partial charge < -0.3 is 4.74 Å². The number of alkyl carbamates (subject to hydrolysis) is 1. The minimum Gasteiger partial charge on any atom is -0.445 e. The second-order valence-corrected chi connectivity index (χ2v) is 3.24. The Bertz CT molecular complexity index is 312. The highest BCUT2D eigenvalue weighted by atomic mass is 16.6. The Morgan fingerprint density at radius 2 is 2.12 bits per heavy atom. The van der Waals surface area contributed by atoms with Crippen LogP contribution in [0.3, 0.4) is 0 Å². The molecule has 0 fully saturated rings. The molecule has 1 aromatic rings. The molecule has 0 saturated carbocycles. The molecule has 0 aliphatic carbocycles. The molecule has 0 heterocycles. The van der Waals surface area contributed by atoms with Gasteiger partial charge in [-0.2, -0.15) is 0 Å². The second kappa shape index (κ2) is 6.81. The smallest absolute Gasteiger partial charge is 0.409 e. The highest BCUT2D eigenvalue weighted by Crippen LogP contribution is 2.01. The van der Waals surface area contributed by atoms with Crippen molar-refractivity contribution in [3.8, 4) is 0 Å². The van der Waals surface area contributed by atoms with Crippen molar-refractivity contribution >= 4 is 6.09 Å². The van der Waals surface area contributed by atoms with Crippen LogP contribution in [0.25, 0.3) is 0 Å². The SMILES string of the molecule is CCC(NC(=O)OCc1ccccc1)ON. The van der Waals surface area contributed by atoms with Gasteiger partial charge in [0.05, 0.1) is 0 Å². The van der Waals surface area contributed by atoms with Crippen molar-refractivity contribution < 1.29 is 14.4 Å². The third kappa shape index (κ3) is 4.29. The minimum absolute atomic E-state index is 0.230. The van der Waals surface area contributed by atoms with Crippen molar-refractivity contribution in [2.75, 3.05) is 0 Å². The molecule has 1 rings (SSSR count). The molecule has 0 spiro atoms. The van der Waals surface area contributed by atoms with E-state index < -0.39 is 12.3 Å². The summed E-state index contributed by atoms with van der Waals surface area (Å²) in [6.07, 6.45) is -0.471. The Morgan fingerprint density at radius 3 is 2.69 bits per heavy atom. The van der Waals surface area contributed by atoms with E-state index in [0.29, 0.717) is 6.42 Å². The Kier molecular flexibility index (Phi) is 5.31. The summed E-state index contributed by atoms with van der Waals surface area (Å²) in [5.41, 5.74) is 0.930. The van der Waals surface area contributed by atoms with E-state index in [1.54, 1.807) is 0 Å². The van der Waals surface area contributed by atoms with Gasteiger partial charge in [0.2, 0.25) is 0 Å². The number of amides is 1. The Hall–Kier alpha value is -1.59. The molecule has 0 saturated heterocycles. The number of hydrogen-bond acceptors (Lipinski definition) is 4. The lowest BCUT2D eigenvalue weighted by molar-refractivity contribution is 0.0221. The van der Waals surface area contributed by atoms with E-state index >= 15 is 0 Å². The van der Waals surface area contributed by atoms with Gasteiger partial charge in [-0.1, -0.05) is 37.3 Å². The van der Waals surface area contributed by atoms with Crippen molar-refractivity contribution in [3.05, 3.63) is 35.9 Å². The quantitative estimate of drug-likeness (QED) is 0.587. The predicted octanol–water partition coefficient (Wildman–Crippen LogP) is 1.54. The fourth-order valence-electron chi connectivity index (χ4n) is 1.13. The van der Waals surface area contributed by atoms with Crippen LogP contribution < -0.4 is 11.2 Å². The normalized spacial score (nSPS) is 11.9. The maximum absolute atomic E-state index is 11.3. The van der Waals surface area contributed by atoms with Crippen molar-refractivity contribution in [3.63, 3.8) is 0 Å². The van der Waals surface area contributed by atoms with Crippen LogP contribution in [0.5, 0.6) is 0 Å². The maximum atomic E-state index is 11.3. The van der Waals surface area contributed by atoms with Crippen molar-refractivity contribution in [2.45, 2.75) is 26.2 Å². The summed E-state index contributed by atoms with van der Waals surface area (Å²) in [5, 5.41) is 2.48. The summed E-state index contributed by atoms with van der Waals surface area (Å²) in [7, 11) is 0. The number of carbonyl (C=O) groups is 1. The highest BCUT2D eigenvalue weighted by molar-refractivity contribution is 5.67. The second-order valence-electron chi connectivity index (χ2n) is 3.24. The van der Waals surface area contributed by atoms with E-state index in [-0.39, 0.29) is 6.61 Å². The summed E-state index contributed by atoms with van der Waals surface area (Å²) in [6, 6.07) is 9.43. The predicted molar refractivity (Wildman–Crippen MR) is 59.1 cm³/mol. The largest absolute Gasteiger partial charge is 0.445 e. The zero-order valence-electron chi connectivity index (χ0n) is 9.18. The Balaban J connectivity index is 2.30. The van der Waals surface area contributed by atoms with Gasteiger partial charge in [-0.25, -0.2) is 10.7 Å². The topological polar surface area (TPSA) is 73.6 Å².